The Labute approximate surface area is 132 Å². The molecule has 0 heterocycles. The van der Waals surface area contributed by atoms with E-state index < -0.39 is 0 Å². The largest absolute Gasteiger partial charge is 0.469 e. The Bertz CT molecular complexity index is 480. The van der Waals surface area contributed by atoms with Gasteiger partial charge >= 0.3 is 5.97 Å². The van der Waals surface area contributed by atoms with Gasteiger partial charge in [-0.15, -0.1) is 0 Å². The quantitative estimate of drug-likeness (QED) is 0.728. The molecule has 0 bridgehead atoms. The number of ether oxygens (including phenoxy) is 1. The predicted octanol–water partition coefficient (Wildman–Crippen LogP) is 2.95. The lowest BCUT2D eigenvalue weighted by molar-refractivity contribution is -0.142. The fraction of sp³-hybridized carbons (Fsp3) is 0.556. The first kappa shape index (κ1) is 16.5. The molecule has 1 aliphatic carbocycles. The first-order valence-electron chi connectivity index (χ1n) is 8.11. The maximum atomic E-state index is 12.6. The van der Waals surface area contributed by atoms with Gasteiger partial charge in [-0.25, -0.2) is 0 Å². The van der Waals surface area contributed by atoms with Crippen LogP contribution in [-0.2, 0) is 20.7 Å². The van der Waals surface area contributed by atoms with Gasteiger partial charge in [-0.3, -0.25) is 9.59 Å². The van der Waals surface area contributed by atoms with Gasteiger partial charge in [0.1, 0.15) is 0 Å². The van der Waals surface area contributed by atoms with Crippen molar-refractivity contribution in [3.8, 4) is 0 Å². The minimum absolute atomic E-state index is 0.152. The van der Waals surface area contributed by atoms with Crippen LogP contribution in [0, 0.1) is 0 Å². The smallest absolute Gasteiger partial charge is 0.307 e. The molecule has 120 valence electrons. The van der Waals surface area contributed by atoms with E-state index in [4.69, 9.17) is 4.74 Å². The topological polar surface area (TPSA) is 46.6 Å². The van der Waals surface area contributed by atoms with Crippen molar-refractivity contribution in [2.24, 2.45) is 0 Å². The molecule has 0 unspecified atom stereocenters. The second-order valence-corrected chi connectivity index (χ2v) is 5.84. The molecule has 2 rings (SSSR count). The normalized spacial score (nSPS) is 14.8. The molecule has 0 spiro atoms. The summed E-state index contributed by atoms with van der Waals surface area (Å²) in [6, 6.07) is 10.3. The van der Waals surface area contributed by atoms with E-state index in [-0.39, 0.29) is 18.3 Å². The van der Waals surface area contributed by atoms with E-state index in [9.17, 15) is 9.59 Å². The molecule has 0 aromatic heterocycles. The molecule has 1 aliphatic rings. The number of esters is 1. The zero-order valence-electron chi connectivity index (χ0n) is 13.3. The minimum Gasteiger partial charge on any atom is -0.469 e. The highest BCUT2D eigenvalue weighted by Crippen LogP contribution is 2.24. The third-order valence-corrected chi connectivity index (χ3v) is 4.34. The van der Waals surface area contributed by atoms with E-state index in [1.165, 1.54) is 25.5 Å². The molecule has 1 aromatic carbocycles. The molecule has 0 saturated heterocycles. The van der Waals surface area contributed by atoms with Gasteiger partial charge in [0, 0.05) is 19.0 Å². The fourth-order valence-corrected chi connectivity index (χ4v) is 3.08. The third kappa shape index (κ3) is 4.86. The Morgan fingerprint density at radius 1 is 1.14 bits per heavy atom. The number of nitrogens with zero attached hydrogens (tertiary/aromatic N) is 1. The van der Waals surface area contributed by atoms with Crippen LogP contribution in [0.2, 0.25) is 0 Å². The second-order valence-electron chi connectivity index (χ2n) is 5.84. The summed E-state index contributed by atoms with van der Waals surface area (Å²) in [6.07, 6.45) is 5.99. The zero-order valence-corrected chi connectivity index (χ0v) is 13.3. The number of hydrogen-bond donors (Lipinski definition) is 0. The predicted molar refractivity (Wildman–Crippen MR) is 85.4 cm³/mol. The Hall–Kier alpha value is -1.84. The number of benzene rings is 1. The van der Waals surface area contributed by atoms with Crippen LogP contribution in [0.1, 0.15) is 44.1 Å². The molecule has 1 fully saturated rings. The molecule has 4 heteroatoms. The van der Waals surface area contributed by atoms with Crippen molar-refractivity contribution < 1.29 is 14.3 Å². The van der Waals surface area contributed by atoms with Crippen molar-refractivity contribution in [1.82, 2.24) is 4.90 Å². The van der Waals surface area contributed by atoms with Crippen molar-refractivity contribution in [3.63, 3.8) is 0 Å². The van der Waals surface area contributed by atoms with Crippen LogP contribution < -0.4 is 0 Å². The number of amides is 1. The average molecular weight is 303 g/mol. The lowest BCUT2D eigenvalue weighted by Crippen LogP contribution is -2.40. The van der Waals surface area contributed by atoms with Gasteiger partial charge < -0.3 is 9.64 Å². The standard InChI is InChI=1S/C18H25NO3/c1-22-18(21)13-14-19(16-9-5-6-10-16)17(20)12-11-15-7-3-2-4-8-15/h2-4,7-8,16H,5-6,9-14H2,1H3. The van der Waals surface area contributed by atoms with E-state index in [1.807, 2.05) is 35.2 Å². The molecular weight excluding hydrogens is 278 g/mol. The van der Waals surface area contributed by atoms with Crippen molar-refractivity contribution in [1.29, 1.82) is 0 Å². The van der Waals surface area contributed by atoms with Crippen LogP contribution >= 0.6 is 0 Å². The fourth-order valence-electron chi connectivity index (χ4n) is 3.08. The summed E-state index contributed by atoms with van der Waals surface area (Å²) >= 11 is 0. The number of aryl methyl sites for hydroxylation is 1. The van der Waals surface area contributed by atoms with Crippen LogP contribution in [0.3, 0.4) is 0 Å². The molecule has 0 N–H and O–H groups in total. The van der Waals surface area contributed by atoms with Crippen molar-refractivity contribution in [2.45, 2.75) is 51.0 Å². The van der Waals surface area contributed by atoms with Crippen LogP contribution in [-0.4, -0.2) is 36.5 Å². The summed E-state index contributed by atoms with van der Waals surface area (Å²) < 4.78 is 4.70. The molecule has 0 atom stereocenters. The Morgan fingerprint density at radius 3 is 2.45 bits per heavy atom. The highest BCUT2D eigenvalue weighted by molar-refractivity contribution is 5.78. The number of rotatable bonds is 7. The highest BCUT2D eigenvalue weighted by Gasteiger charge is 2.26. The average Bonchev–Trinajstić information content (AvgIpc) is 3.08. The van der Waals surface area contributed by atoms with Crippen molar-refractivity contribution in [2.75, 3.05) is 13.7 Å². The maximum absolute atomic E-state index is 12.6. The summed E-state index contributed by atoms with van der Waals surface area (Å²) in [5.74, 6) is -0.0986. The molecule has 0 radical (unpaired) electrons. The van der Waals surface area contributed by atoms with Gasteiger partial charge in [0.25, 0.3) is 0 Å². The van der Waals surface area contributed by atoms with E-state index in [0.29, 0.717) is 19.0 Å². The molecule has 1 aromatic rings. The maximum Gasteiger partial charge on any atom is 0.307 e. The van der Waals surface area contributed by atoms with E-state index in [2.05, 4.69) is 0 Å². The van der Waals surface area contributed by atoms with Crippen molar-refractivity contribution in [3.05, 3.63) is 35.9 Å². The SMILES string of the molecule is COC(=O)CCN(C(=O)CCc1ccccc1)C1CCCC1. The van der Waals surface area contributed by atoms with Gasteiger partial charge in [0.05, 0.1) is 13.5 Å². The van der Waals surface area contributed by atoms with Crippen LogP contribution in [0.15, 0.2) is 30.3 Å². The molecule has 1 saturated carbocycles. The van der Waals surface area contributed by atoms with E-state index in [1.54, 1.807) is 0 Å². The molecule has 22 heavy (non-hydrogen) atoms. The molecule has 0 aliphatic heterocycles. The first-order valence-corrected chi connectivity index (χ1v) is 8.11. The van der Waals surface area contributed by atoms with Crippen LogP contribution in [0.25, 0.3) is 0 Å². The highest BCUT2D eigenvalue weighted by atomic mass is 16.5. The van der Waals surface area contributed by atoms with E-state index in [0.717, 1.165) is 19.3 Å². The number of carbonyl (C=O) groups excluding carboxylic acids is 2. The zero-order chi connectivity index (χ0) is 15.8. The summed E-state index contributed by atoms with van der Waals surface area (Å²) in [4.78, 5) is 25.9. The molecule has 1 amide bonds. The Morgan fingerprint density at radius 2 is 1.82 bits per heavy atom. The summed E-state index contributed by atoms with van der Waals surface area (Å²) in [6.45, 7) is 0.477. The summed E-state index contributed by atoms with van der Waals surface area (Å²) in [7, 11) is 1.39. The van der Waals surface area contributed by atoms with Gasteiger partial charge in [-0.05, 0) is 24.8 Å². The van der Waals surface area contributed by atoms with Gasteiger partial charge in [0.2, 0.25) is 5.91 Å². The van der Waals surface area contributed by atoms with Gasteiger partial charge in [-0.1, -0.05) is 43.2 Å². The van der Waals surface area contributed by atoms with Crippen LogP contribution in [0.4, 0.5) is 0 Å². The van der Waals surface area contributed by atoms with Crippen molar-refractivity contribution >= 4 is 11.9 Å². The summed E-state index contributed by atoms with van der Waals surface area (Å²) in [5, 5.41) is 0. The van der Waals surface area contributed by atoms with E-state index >= 15 is 0 Å². The number of carbonyl (C=O) groups is 2. The molecular formula is C18H25NO3. The second kappa shape index (κ2) is 8.57. The number of hydrogen-bond acceptors (Lipinski definition) is 3. The first-order chi connectivity index (χ1) is 10.7. The third-order valence-electron chi connectivity index (χ3n) is 4.34. The summed E-state index contributed by atoms with van der Waals surface area (Å²) in [5.41, 5.74) is 1.18. The lowest BCUT2D eigenvalue weighted by atomic mass is 10.1. The lowest BCUT2D eigenvalue weighted by Gasteiger charge is -2.29. The van der Waals surface area contributed by atoms with Gasteiger partial charge in [0.15, 0.2) is 0 Å². The van der Waals surface area contributed by atoms with Crippen LogP contribution in [0.5, 0.6) is 0 Å². The monoisotopic (exact) mass is 303 g/mol. The Kier molecular flexibility index (Phi) is 6.44. The Balaban J connectivity index is 1.91. The minimum atomic E-state index is -0.251. The van der Waals surface area contributed by atoms with Gasteiger partial charge in [-0.2, -0.15) is 0 Å². The number of methoxy groups -OCH3 is 1. The molecule has 4 nitrogen and oxygen atoms in total.